The van der Waals surface area contributed by atoms with Crippen LogP contribution >= 0.6 is 11.6 Å². The number of hydrogen-bond donors (Lipinski definition) is 1. The van der Waals surface area contributed by atoms with Crippen molar-refractivity contribution in [1.29, 1.82) is 5.26 Å². The Kier molecular flexibility index (Phi) is 4.38. The van der Waals surface area contributed by atoms with E-state index < -0.39 is 0 Å². The first-order chi connectivity index (χ1) is 9.19. The summed E-state index contributed by atoms with van der Waals surface area (Å²) in [6.07, 6.45) is 11.1. The van der Waals surface area contributed by atoms with E-state index in [-0.39, 0.29) is 5.70 Å². The van der Waals surface area contributed by atoms with Gasteiger partial charge in [-0.2, -0.15) is 5.26 Å². The molecule has 0 amide bonds. The van der Waals surface area contributed by atoms with Gasteiger partial charge in [-0.1, -0.05) is 23.8 Å². The smallest absolute Gasteiger partial charge is 0.159 e. The summed E-state index contributed by atoms with van der Waals surface area (Å²) in [6.45, 7) is 2.04. The number of aromatic nitrogens is 1. The number of rotatable bonds is 3. The van der Waals surface area contributed by atoms with Crippen molar-refractivity contribution in [1.82, 2.24) is 4.98 Å². The molecule has 1 aromatic rings. The minimum atomic E-state index is 0.251. The Morgan fingerprint density at radius 2 is 2.26 bits per heavy atom. The van der Waals surface area contributed by atoms with Crippen LogP contribution in [-0.4, -0.2) is 11.2 Å². The molecule has 3 nitrogen and oxygen atoms in total. The van der Waals surface area contributed by atoms with E-state index in [9.17, 15) is 0 Å². The second kappa shape index (κ2) is 6.21. The first kappa shape index (κ1) is 13.4. The SMILES string of the molecule is Cc1cc(CCC2=C/C=C/C(Cl)=C(/C#N)N=C2)c[nH]1. The highest BCUT2D eigenvalue weighted by atomic mass is 35.5. The van der Waals surface area contributed by atoms with E-state index in [1.165, 1.54) is 5.56 Å². The molecule has 0 radical (unpaired) electrons. The molecule has 0 spiro atoms. The van der Waals surface area contributed by atoms with Gasteiger partial charge in [0, 0.05) is 18.1 Å². The predicted molar refractivity (Wildman–Crippen MR) is 78.1 cm³/mol. The first-order valence-corrected chi connectivity index (χ1v) is 6.42. The maximum absolute atomic E-state index is 8.91. The summed E-state index contributed by atoms with van der Waals surface area (Å²) in [5, 5.41) is 9.28. The third-order valence-electron chi connectivity index (χ3n) is 2.83. The summed E-state index contributed by atoms with van der Waals surface area (Å²) in [5.74, 6) is 0. The molecule has 0 atom stereocenters. The standard InChI is InChI=1S/C15H14ClN3/c1-11-7-13(10-18-11)6-5-12-3-2-4-14(16)15(8-17)19-9-12/h2-4,7,9-10,18H,5-6H2,1H3/b3-2?,4-2+,12-3?,12-9?,14-4?,15-14+,19-9?,19-15?. The highest BCUT2D eigenvalue weighted by molar-refractivity contribution is 6.31. The fourth-order valence-corrected chi connectivity index (χ4v) is 1.98. The normalized spacial score (nSPS) is 20.4. The lowest BCUT2D eigenvalue weighted by atomic mass is 10.1. The predicted octanol–water partition coefficient (Wildman–Crippen LogP) is 3.80. The molecule has 1 aromatic heterocycles. The van der Waals surface area contributed by atoms with E-state index in [4.69, 9.17) is 16.9 Å². The van der Waals surface area contributed by atoms with Crippen LogP contribution in [0, 0.1) is 18.3 Å². The highest BCUT2D eigenvalue weighted by Gasteiger charge is 2.03. The lowest BCUT2D eigenvalue weighted by Gasteiger charge is -2.02. The zero-order valence-corrected chi connectivity index (χ0v) is 11.4. The van der Waals surface area contributed by atoms with Gasteiger partial charge in [0.2, 0.25) is 0 Å². The lowest BCUT2D eigenvalue weighted by Crippen LogP contribution is -1.92. The van der Waals surface area contributed by atoms with E-state index in [0.717, 1.165) is 24.1 Å². The van der Waals surface area contributed by atoms with Crippen molar-refractivity contribution < 1.29 is 0 Å². The van der Waals surface area contributed by atoms with Crippen LogP contribution in [0.5, 0.6) is 0 Å². The lowest BCUT2D eigenvalue weighted by molar-refractivity contribution is 0.981. The van der Waals surface area contributed by atoms with E-state index in [0.29, 0.717) is 5.03 Å². The molecule has 2 rings (SSSR count). The Hall–Kier alpha value is -2.05. The molecule has 0 fully saturated rings. The van der Waals surface area contributed by atoms with Crippen molar-refractivity contribution >= 4 is 17.8 Å². The van der Waals surface area contributed by atoms with Gasteiger partial charge in [-0.05, 0) is 43.0 Å². The number of nitriles is 1. The van der Waals surface area contributed by atoms with Gasteiger partial charge in [-0.15, -0.1) is 0 Å². The van der Waals surface area contributed by atoms with Crippen LogP contribution in [0.4, 0.5) is 0 Å². The van der Waals surface area contributed by atoms with Gasteiger partial charge in [0.1, 0.15) is 6.07 Å². The average molecular weight is 272 g/mol. The quantitative estimate of drug-likeness (QED) is 0.893. The fraction of sp³-hybridized carbons (Fsp3) is 0.200. The summed E-state index contributed by atoms with van der Waals surface area (Å²) in [5.41, 5.74) is 3.76. The Balaban J connectivity index is 2.04. The molecule has 2 heterocycles. The van der Waals surface area contributed by atoms with E-state index >= 15 is 0 Å². The Morgan fingerprint density at radius 3 is 2.95 bits per heavy atom. The molecule has 1 N–H and O–H groups in total. The van der Waals surface area contributed by atoms with Gasteiger partial charge in [0.25, 0.3) is 0 Å². The first-order valence-electron chi connectivity index (χ1n) is 6.04. The van der Waals surface area contributed by atoms with Crippen LogP contribution in [0.25, 0.3) is 0 Å². The molecule has 0 unspecified atom stereocenters. The Bertz CT molecular complexity index is 624. The van der Waals surface area contributed by atoms with Gasteiger partial charge < -0.3 is 4.98 Å². The molecule has 0 aromatic carbocycles. The Labute approximate surface area is 117 Å². The van der Waals surface area contributed by atoms with Crippen LogP contribution in [0.3, 0.4) is 0 Å². The zero-order valence-electron chi connectivity index (χ0n) is 10.7. The summed E-state index contributed by atoms with van der Waals surface area (Å²) >= 11 is 5.91. The topological polar surface area (TPSA) is 51.9 Å². The van der Waals surface area contributed by atoms with Crippen LogP contribution in [0.15, 0.2) is 51.8 Å². The highest BCUT2D eigenvalue weighted by Crippen LogP contribution is 2.16. The molecular formula is C15H14ClN3. The minimum absolute atomic E-state index is 0.251. The van der Waals surface area contributed by atoms with Crippen LogP contribution in [-0.2, 0) is 6.42 Å². The number of nitrogens with zero attached hydrogens (tertiary/aromatic N) is 2. The van der Waals surface area contributed by atoms with Gasteiger partial charge in [-0.25, -0.2) is 4.99 Å². The molecule has 4 heteroatoms. The van der Waals surface area contributed by atoms with Crippen LogP contribution in [0.2, 0.25) is 0 Å². The molecule has 0 bridgehead atoms. The fourth-order valence-electron chi connectivity index (χ4n) is 1.82. The van der Waals surface area contributed by atoms with Crippen molar-refractivity contribution in [2.45, 2.75) is 19.8 Å². The largest absolute Gasteiger partial charge is 0.365 e. The number of halogens is 1. The number of aromatic amines is 1. The number of aryl methyl sites for hydroxylation is 2. The second-order valence-corrected chi connectivity index (χ2v) is 4.77. The number of nitrogens with one attached hydrogen (secondary N) is 1. The number of allylic oxidation sites excluding steroid dienone is 6. The molecule has 0 aliphatic carbocycles. The van der Waals surface area contributed by atoms with Crippen molar-refractivity contribution in [3.8, 4) is 6.07 Å². The zero-order chi connectivity index (χ0) is 13.7. The Morgan fingerprint density at radius 1 is 1.42 bits per heavy atom. The van der Waals surface area contributed by atoms with Gasteiger partial charge in [0.15, 0.2) is 5.70 Å². The maximum atomic E-state index is 8.91. The molecule has 0 saturated carbocycles. The molecular weight excluding hydrogens is 258 g/mol. The summed E-state index contributed by atoms with van der Waals surface area (Å²) in [6, 6.07) is 4.12. The van der Waals surface area contributed by atoms with E-state index in [2.05, 4.69) is 16.0 Å². The number of hydrogen-bond acceptors (Lipinski definition) is 2. The van der Waals surface area contributed by atoms with Crippen molar-refractivity contribution in [2.75, 3.05) is 0 Å². The molecule has 0 saturated heterocycles. The van der Waals surface area contributed by atoms with Crippen molar-refractivity contribution in [3.63, 3.8) is 0 Å². The maximum Gasteiger partial charge on any atom is 0.159 e. The molecule has 96 valence electrons. The minimum Gasteiger partial charge on any atom is -0.365 e. The monoisotopic (exact) mass is 271 g/mol. The summed E-state index contributed by atoms with van der Waals surface area (Å²) in [4.78, 5) is 7.28. The van der Waals surface area contributed by atoms with E-state index in [1.807, 2.05) is 31.3 Å². The van der Waals surface area contributed by atoms with E-state index in [1.54, 1.807) is 12.3 Å². The molecule has 1 aliphatic heterocycles. The van der Waals surface area contributed by atoms with Crippen LogP contribution in [0.1, 0.15) is 17.7 Å². The second-order valence-electron chi connectivity index (χ2n) is 4.36. The number of H-pyrrole nitrogens is 1. The van der Waals surface area contributed by atoms with Gasteiger partial charge >= 0.3 is 0 Å². The average Bonchev–Trinajstić information content (AvgIpc) is 2.79. The molecule has 1 aliphatic rings. The molecule has 19 heavy (non-hydrogen) atoms. The van der Waals surface area contributed by atoms with Crippen LogP contribution < -0.4 is 0 Å². The number of aliphatic imine (C=N–C) groups is 1. The van der Waals surface area contributed by atoms with Gasteiger partial charge in [0.05, 0.1) is 5.03 Å². The third kappa shape index (κ3) is 3.70. The van der Waals surface area contributed by atoms with Crippen molar-refractivity contribution in [3.05, 3.63) is 58.1 Å². The third-order valence-corrected chi connectivity index (χ3v) is 3.14. The summed E-state index contributed by atoms with van der Waals surface area (Å²) in [7, 11) is 0. The van der Waals surface area contributed by atoms with Gasteiger partial charge in [-0.3, -0.25) is 0 Å². The summed E-state index contributed by atoms with van der Waals surface area (Å²) < 4.78 is 0. The van der Waals surface area contributed by atoms with Crippen molar-refractivity contribution in [2.24, 2.45) is 4.99 Å².